The third-order valence-electron chi connectivity index (χ3n) is 4.53. The highest BCUT2D eigenvalue weighted by atomic mass is 32.2. The van der Waals surface area contributed by atoms with Gasteiger partial charge in [-0.1, -0.05) is 0 Å². The van der Waals surface area contributed by atoms with Crippen molar-refractivity contribution < 1.29 is 31.5 Å². The Balaban J connectivity index is 1.72. The van der Waals surface area contributed by atoms with Gasteiger partial charge in [-0.3, -0.25) is 18.8 Å². The van der Waals surface area contributed by atoms with Crippen LogP contribution in [0.5, 0.6) is 0 Å². The van der Waals surface area contributed by atoms with Gasteiger partial charge in [0, 0.05) is 55.4 Å². The topological polar surface area (TPSA) is 106 Å². The molecule has 1 unspecified atom stereocenters. The predicted molar refractivity (Wildman–Crippen MR) is 100 cm³/mol. The summed E-state index contributed by atoms with van der Waals surface area (Å²) in [6.45, 7) is 0.744. The van der Waals surface area contributed by atoms with Crippen molar-refractivity contribution in [3.05, 3.63) is 59.4 Å². The first-order chi connectivity index (χ1) is 14.2. The van der Waals surface area contributed by atoms with Crippen molar-refractivity contribution in [2.75, 3.05) is 30.9 Å². The van der Waals surface area contributed by atoms with Crippen LogP contribution in [0.15, 0.2) is 42.7 Å². The van der Waals surface area contributed by atoms with Crippen LogP contribution in [0.1, 0.15) is 26.3 Å². The Bertz CT molecular complexity index is 964. The minimum absolute atomic E-state index is 0.150. The van der Waals surface area contributed by atoms with E-state index in [4.69, 9.17) is 0 Å². The monoisotopic (exact) mass is 441 g/mol. The number of rotatable bonds is 4. The second-order valence-electron chi connectivity index (χ2n) is 6.42. The Labute approximate surface area is 172 Å². The maximum Gasteiger partial charge on any atom is 0.418 e. The van der Waals surface area contributed by atoms with E-state index in [0.717, 1.165) is 12.1 Å². The zero-order valence-corrected chi connectivity index (χ0v) is 16.2. The van der Waals surface area contributed by atoms with Crippen LogP contribution in [-0.4, -0.2) is 61.5 Å². The van der Waals surface area contributed by atoms with Gasteiger partial charge in [0.15, 0.2) is 0 Å². The predicted octanol–water partition coefficient (Wildman–Crippen LogP) is 1.90. The van der Waals surface area contributed by atoms with Crippen LogP contribution in [-0.2, 0) is 17.4 Å². The van der Waals surface area contributed by atoms with Gasteiger partial charge >= 0.3 is 6.18 Å². The van der Waals surface area contributed by atoms with E-state index in [1.807, 2.05) is 0 Å². The first-order valence-corrected chi connectivity index (χ1v) is 9.80. The fourth-order valence-corrected chi connectivity index (χ4v) is 3.42. The summed E-state index contributed by atoms with van der Waals surface area (Å²) in [7, 11) is 0. The summed E-state index contributed by atoms with van der Waals surface area (Å²) in [5.41, 5.74) is -1.75. The molecular formula is C18H16F3N4O4S-. The van der Waals surface area contributed by atoms with Gasteiger partial charge in [0.25, 0.3) is 11.8 Å². The number of carbonyl (C=O) groups excluding carboxylic acids is 2. The highest BCUT2D eigenvalue weighted by Gasteiger charge is 2.35. The van der Waals surface area contributed by atoms with E-state index in [1.54, 1.807) is 21.8 Å². The molecule has 1 aliphatic rings. The van der Waals surface area contributed by atoms with Gasteiger partial charge in [0.05, 0.1) is 16.8 Å². The number of hydrogen-bond acceptors (Lipinski definition) is 5. The van der Waals surface area contributed by atoms with E-state index in [2.05, 4.69) is 4.98 Å². The van der Waals surface area contributed by atoms with Gasteiger partial charge in [0.2, 0.25) is 0 Å². The molecule has 1 aliphatic heterocycles. The molecule has 0 aliphatic carbocycles. The van der Waals surface area contributed by atoms with Crippen molar-refractivity contribution in [2.45, 2.75) is 6.18 Å². The largest absolute Gasteiger partial charge is 0.755 e. The van der Waals surface area contributed by atoms with Crippen molar-refractivity contribution in [3.63, 3.8) is 0 Å². The van der Waals surface area contributed by atoms with Gasteiger partial charge < -0.3 is 19.1 Å². The number of anilines is 1. The average molecular weight is 441 g/mol. The van der Waals surface area contributed by atoms with Crippen LogP contribution in [0.25, 0.3) is 0 Å². The SMILES string of the molecule is O=C(c1cccnc1)N1CCN(C(=O)c2ccc(NS(=O)[O-])c(C(F)(F)F)c2)CC1. The normalized spacial score (nSPS) is 15.6. The molecule has 30 heavy (non-hydrogen) atoms. The summed E-state index contributed by atoms with van der Waals surface area (Å²) < 4.78 is 62.9. The number of alkyl halides is 3. The highest BCUT2D eigenvalue weighted by molar-refractivity contribution is 7.80. The molecule has 2 heterocycles. The van der Waals surface area contributed by atoms with Crippen LogP contribution in [0.3, 0.4) is 0 Å². The summed E-state index contributed by atoms with van der Waals surface area (Å²) >= 11 is -2.94. The molecule has 8 nitrogen and oxygen atoms in total. The standard InChI is InChI=1S/C18H17F3N4O4S/c19-18(20,21)14-10-12(3-4-15(14)23-30(28)29)16(26)24-6-8-25(9-7-24)17(27)13-2-1-5-22-11-13/h1-5,10-11,23H,6-9H2,(H,28,29)/p-1. The number of carbonyl (C=O) groups is 2. The van der Waals surface area contributed by atoms with Crippen molar-refractivity contribution in [1.82, 2.24) is 14.8 Å². The average Bonchev–Trinajstić information content (AvgIpc) is 2.72. The van der Waals surface area contributed by atoms with Crippen molar-refractivity contribution >= 4 is 28.8 Å². The number of benzene rings is 1. The Kier molecular flexibility index (Phi) is 6.37. The zero-order chi connectivity index (χ0) is 21.9. The van der Waals surface area contributed by atoms with E-state index in [1.165, 1.54) is 17.3 Å². The summed E-state index contributed by atoms with van der Waals surface area (Å²) in [4.78, 5) is 31.9. The lowest BCUT2D eigenvalue weighted by Crippen LogP contribution is -2.50. The van der Waals surface area contributed by atoms with E-state index in [9.17, 15) is 31.5 Å². The number of pyridine rings is 1. The number of amides is 2. The van der Waals surface area contributed by atoms with Crippen molar-refractivity contribution in [2.24, 2.45) is 0 Å². The molecule has 2 amide bonds. The number of halogens is 3. The Hall–Kier alpha value is -2.99. The molecule has 1 atom stereocenters. The van der Waals surface area contributed by atoms with E-state index in [0.29, 0.717) is 11.6 Å². The highest BCUT2D eigenvalue weighted by Crippen LogP contribution is 2.36. The summed E-state index contributed by atoms with van der Waals surface area (Å²) in [5.74, 6) is -0.876. The minimum Gasteiger partial charge on any atom is -0.755 e. The molecule has 0 bridgehead atoms. The fraction of sp³-hybridized carbons (Fsp3) is 0.278. The Morgan fingerprint density at radius 1 is 1.03 bits per heavy atom. The van der Waals surface area contributed by atoms with E-state index >= 15 is 0 Å². The summed E-state index contributed by atoms with van der Waals surface area (Å²) in [5, 5.41) is 0. The molecule has 12 heteroatoms. The van der Waals surface area contributed by atoms with Crippen LogP contribution < -0.4 is 4.72 Å². The summed E-state index contributed by atoms with van der Waals surface area (Å²) in [6, 6.07) is 5.89. The van der Waals surface area contributed by atoms with Gasteiger partial charge in [-0.15, -0.1) is 0 Å². The number of hydrogen-bond donors (Lipinski definition) is 1. The van der Waals surface area contributed by atoms with Gasteiger partial charge in [0.1, 0.15) is 0 Å². The minimum atomic E-state index is -4.85. The molecule has 3 rings (SSSR count). The third kappa shape index (κ3) is 4.94. The lowest BCUT2D eigenvalue weighted by molar-refractivity contribution is -0.136. The Morgan fingerprint density at radius 2 is 1.63 bits per heavy atom. The van der Waals surface area contributed by atoms with Crippen LogP contribution in [0, 0.1) is 0 Å². The lowest BCUT2D eigenvalue weighted by atomic mass is 10.1. The molecule has 2 aromatic rings. The molecule has 0 spiro atoms. The van der Waals surface area contributed by atoms with Crippen molar-refractivity contribution in [3.8, 4) is 0 Å². The van der Waals surface area contributed by atoms with Crippen LogP contribution in [0.2, 0.25) is 0 Å². The second kappa shape index (κ2) is 8.79. The van der Waals surface area contributed by atoms with Gasteiger partial charge in [-0.2, -0.15) is 13.2 Å². The quantitative estimate of drug-likeness (QED) is 0.730. The molecular weight excluding hydrogens is 425 g/mol. The molecule has 1 N–H and O–H groups in total. The lowest BCUT2D eigenvalue weighted by Gasteiger charge is -2.35. The Morgan fingerprint density at radius 3 is 2.13 bits per heavy atom. The third-order valence-corrected chi connectivity index (χ3v) is 4.91. The first-order valence-electron chi connectivity index (χ1n) is 8.72. The number of nitrogens with one attached hydrogen (secondary N) is 1. The number of aromatic nitrogens is 1. The molecule has 1 aromatic heterocycles. The van der Waals surface area contributed by atoms with E-state index in [-0.39, 0.29) is 37.6 Å². The van der Waals surface area contributed by atoms with Gasteiger partial charge in [-0.05, 0) is 30.3 Å². The van der Waals surface area contributed by atoms with Crippen LogP contribution in [0.4, 0.5) is 18.9 Å². The second-order valence-corrected chi connectivity index (χ2v) is 7.09. The smallest absolute Gasteiger partial charge is 0.418 e. The molecule has 160 valence electrons. The van der Waals surface area contributed by atoms with Crippen LogP contribution >= 0.6 is 0 Å². The molecule has 0 radical (unpaired) electrons. The summed E-state index contributed by atoms with van der Waals surface area (Å²) in [6.07, 6.45) is -1.88. The first kappa shape index (κ1) is 21.7. The molecule has 0 saturated carbocycles. The number of piperazine rings is 1. The number of nitrogens with zero attached hydrogens (tertiary/aromatic N) is 3. The van der Waals surface area contributed by atoms with Gasteiger partial charge in [-0.25, -0.2) is 0 Å². The maximum atomic E-state index is 13.3. The maximum absolute atomic E-state index is 13.3. The fourth-order valence-electron chi connectivity index (χ4n) is 3.06. The molecule has 1 fully saturated rings. The molecule has 1 aromatic carbocycles. The zero-order valence-electron chi connectivity index (χ0n) is 15.4. The van der Waals surface area contributed by atoms with Crippen molar-refractivity contribution in [1.29, 1.82) is 0 Å². The van der Waals surface area contributed by atoms with E-state index < -0.39 is 34.6 Å². The molecule has 1 saturated heterocycles.